The van der Waals surface area contributed by atoms with E-state index < -0.39 is 29.5 Å². The molecule has 2 rings (SSSR count). The number of alkyl halides is 3. The Morgan fingerprint density at radius 2 is 1.81 bits per heavy atom. The highest BCUT2D eigenvalue weighted by molar-refractivity contribution is 5.65. The number of nitrogens with zero attached hydrogens (tertiary/aromatic N) is 2. The molecule has 9 heteroatoms. The van der Waals surface area contributed by atoms with Crippen LogP contribution in [-0.2, 0) is 17.5 Å². The van der Waals surface area contributed by atoms with Crippen LogP contribution in [0.5, 0.6) is 5.75 Å². The van der Waals surface area contributed by atoms with Gasteiger partial charge in [-0.2, -0.15) is 18.3 Å². The topological polar surface area (TPSA) is 79.4 Å². The second-order valence-electron chi connectivity index (χ2n) is 7.14. The molecule has 1 amide bonds. The predicted octanol–water partition coefficient (Wildman–Crippen LogP) is 4.14. The number of aromatic nitrogens is 2. The van der Waals surface area contributed by atoms with Gasteiger partial charge in [-0.3, -0.25) is 4.68 Å². The number of amides is 1. The zero-order valence-corrected chi connectivity index (χ0v) is 15.5. The Balaban J connectivity index is 2.50. The Morgan fingerprint density at radius 3 is 2.26 bits per heavy atom. The van der Waals surface area contributed by atoms with E-state index in [2.05, 4.69) is 5.10 Å². The van der Waals surface area contributed by atoms with Gasteiger partial charge in [0.2, 0.25) is 0 Å². The summed E-state index contributed by atoms with van der Waals surface area (Å²) in [6.07, 6.45) is -6.70. The average Bonchev–Trinajstić information content (AvgIpc) is 2.96. The van der Waals surface area contributed by atoms with Crippen LogP contribution in [0.3, 0.4) is 0 Å². The lowest BCUT2D eigenvalue weighted by Crippen LogP contribution is -2.29. The molecular weight excluding hydrogens is 363 g/mol. The molecule has 148 valence electrons. The quantitative estimate of drug-likeness (QED) is 0.839. The van der Waals surface area contributed by atoms with E-state index in [0.717, 1.165) is 6.07 Å². The molecule has 0 fully saturated rings. The van der Waals surface area contributed by atoms with E-state index in [-0.39, 0.29) is 12.2 Å². The fourth-order valence-corrected chi connectivity index (χ4v) is 2.61. The Hall–Kier alpha value is -2.71. The van der Waals surface area contributed by atoms with Gasteiger partial charge < -0.3 is 15.2 Å². The summed E-state index contributed by atoms with van der Waals surface area (Å²) in [6.45, 7) is 5.26. The third-order valence-electron chi connectivity index (χ3n) is 3.88. The van der Waals surface area contributed by atoms with Gasteiger partial charge >= 0.3 is 12.3 Å². The van der Waals surface area contributed by atoms with Crippen LogP contribution in [0.4, 0.5) is 18.0 Å². The van der Waals surface area contributed by atoms with Gasteiger partial charge in [-0.25, -0.2) is 4.79 Å². The van der Waals surface area contributed by atoms with Crippen LogP contribution in [0, 0.1) is 5.41 Å². The lowest BCUT2D eigenvalue weighted by molar-refractivity contribution is -0.141. The summed E-state index contributed by atoms with van der Waals surface area (Å²) < 4.78 is 51.0. The second kappa shape index (κ2) is 7.50. The van der Waals surface area contributed by atoms with Crippen LogP contribution in [-0.4, -0.2) is 23.0 Å². The number of ether oxygens (including phenoxy) is 2. The van der Waals surface area contributed by atoms with Crippen molar-refractivity contribution in [1.82, 2.24) is 9.78 Å². The standard InChI is InChI=1S/C18H22F3N3O3/c1-17(2,3)15(27-16(22)25)13-9-14(18(19,20)21)23-24(13)10-11-5-7-12(26-4)8-6-11/h5-9,15H,10H2,1-4H3,(H2,22,25). The summed E-state index contributed by atoms with van der Waals surface area (Å²) in [4.78, 5) is 11.3. The molecule has 0 aliphatic rings. The van der Waals surface area contributed by atoms with E-state index in [1.807, 2.05) is 0 Å². The van der Waals surface area contributed by atoms with E-state index in [1.54, 1.807) is 45.0 Å². The molecule has 1 aromatic carbocycles. The molecule has 6 nitrogen and oxygen atoms in total. The van der Waals surface area contributed by atoms with Crippen molar-refractivity contribution in [3.63, 3.8) is 0 Å². The van der Waals surface area contributed by atoms with Gasteiger partial charge in [-0.1, -0.05) is 32.9 Å². The third-order valence-corrected chi connectivity index (χ3v) is 3.88. The zero-order valence-electron chi connectivity index (χ0n) is 15.5. The molecule has 0 aliphatic heterocycles. The van der Waals surface area contributed by atoms with E-state index in [9.17, 15) is 18.0 Å². The minimum absolute atomic E-state index is 0.0596. The van der Waals surface area contributed by atoms with Crippen molar-refractivity contribution in [2.24, 2.45) is 11.1 Å². The number of benzene rings is 1. The van der Waals surface area contributed by atoms with Gasteiger partial charge in [0.05, 0.1) is 19.3 Å². The summed E-state index contributed by atoms with van der Waals surface area (Å²) in [6, 6.07) is 7.73. The lowest BCUT2D eigenvalue weighted by atomic mass is 9.86. The molecule has 27 heavy (non-hydrogen) atoms. The van der Waals surface area contributed by atoms with Crippen LogP contribution >= 0.6 is 0 Å². The van der Waals surface area contributed by atoms with Crippen LogP contribution in [0.15, 0.2) is 30.3 Å². The SMILES string of the molecule is COc1ccc(Cn2nc(C(F)(F)F)cc2C(OC(N)=O)C(C)(C)C)cc1. The summed E-state index contributed by atoms with van der Waals surface area (Å²) >= 11 is 0. The fourth-order valence-electron chi connectivity index (χ4n) is 2.61. The summed E-state index contributed by atoms with van der Waals surface area (Å²) in [5.41, 5.74) is 4.19. The van der Waals surface area contributed by atoms with Gasteiger partial charge in [0.15, 0.2) is 5.69 Å². The number of nitrogens with two attached hydrogens (primary N) is 1. The molecule has 0 spiro atoms. The van der Waals surface area contributed by atoms with Crippen molar-refractivity contribution in [3.8, 4) is 5.75 Å². The molecule has 0 saturated carbocycles. The summed E-state index contributed by atoms with van der Waals surface area (Å²) in [5, 5.41) is 3.69. The third kappa shape index (κ3) is 5.15. The summed E-state index contributed by atoms with van der Waals surface area (Å²) in [5.74, 6) is 0.625. The number of rotatable bonds is 5. The average molecular weight is 385 g/mol. The normalized spacial score (nSPS) is 13.3. The Bertz CT molecular complexity index is 793. The Kier molecular flexibility index (Phi) is 5.72. The monoisotopic (exact) mass is 385 g/mol. The molecule has 0 radical (unpaired) electrons. The van der Waals surface area contributed by atoms with E-state index in [4.69, 9.17) is 15.2 Å². The first kappa shape index (κ1) is 20.6. The largest absolute Gasteiger partial charge is 0.497 e. The molecule has 2 N–H and O–H groups in total. The highest BCUT2D eigenvalue weighted by Crippen LogP contribution is 2.39. The van der Waals surface area contributed by atoms with Crippen molar-refractivity contribution < 1.29 is 27.4 Å². The minimum Gasteiger partial charge on any atom is -0.497 e. The first-order valence-electron chi connectivity index (χ1n) is 8.16. The molecule has 1 atom stereocenters. The molecule has 0 bridgehead atoms. The van der Waals surface area contributed by atoms with Crippen LogP contribution < -0.4 is 10.5 Å². The molecular formula is C18H22F3N3O3. The maximum absolute atomic E-state index is 13.2. The van der Waals surface area contributed by atoms with Crippen molar-refractivity contribution in [3.05, 3.63) is 47.3 Å². The Morgan fingerprint density at radius 1 is 1.22 bits per heavy atom. The van der Waals surface area contributed by atoms with Crippen LogP contribution in [0.2, 0.25) is 0 Å². The van der Waals surface area contributed by atoms with Crippen molar-refractivity contribution in [2.75, 3.05) is 7.11 Å². The number of carbonyl (C=O) groups is 1. The maximum Gasteiger partial charge on any atom is 0.435 e. The number of halogens is 3. The van der Waals surface area contributed by atoms with Gasteiger partial charge in [0.25, 0.3) is 0 Å². The Labute approximate surface area is 155 Å². The second-order valence-corrected chi connectivity index (χ2v) is 7.14. The number of primary amides is 1. The van der Waals surface area contributed by atoms with Crippen molar-refractivity contribution >= 4 is 6.09 Å². The number of hydrogen-bond acceptors (Lipinski definition) is 4. The number of carbonyl (C=O) groups excluding carboxylic acids is 1. The van der Waals surface area contributed by atoms with Gasteiger partial charge in [-0.15, -0.1) is 0 Å². The maximum atomic E-state index is 13.2. The first-order chi connectivity index (χ1) is 12.4. The van der Waals surface area contributed by atoms with Crippen molar-refractivity contribution in [2.45, 2.75) is 39.6 Å². The fraction of sp³-hybridized carbons (Fsp3) is 0.444. The van der Waals surface area contributed by atoms with E-state index in [0.29, 0.717) is 11.3 Å². The number of hydrogen-bond donors (Lipinski definition) is 1. The molecule has 2 aromatic rings. The highest BCUT2D eigenvalue weighted by atomic mass is 19.4. The smallest absolute Gasteiger partial charge is 0.435 e. The van der Waals surface area contributed by atoms with Gasteiger partial charge in [0.1, 0.15) is 11.9 Å². The molecule has 0 saturated heterocycles. The molecule has 0 aliphatic carbocycles. The lowest BCUT2D eigenvalue weighted by Gasteiger charge is -2.30. The predicted molar refractivity (Wildman–Crippen MR) is 92.2 cm³/mol. The van der Waals surface area contributed by atoms with Gasteiger partial charge in [-0.05, 0) is 23.8 Å². The molecule has 1 unspecified atom stereocenters. The highest BCUT2D eigenvalue weighted by Gasteiger charge is 2.39. The molecule has 1 aromatic heterocycles. The van der Waals surface area contributed by atoms with Gasteiger partial charge in [0, 0.05) is 5.41 Å². The van der Waals surface area contributed by atoms with Crippen LogP contribution in [0.1, 0.15) is 43.8 Å². The molecule has 1 heterocycles. The first-order valence-corrected chi connectivity index (χ1v) is 8.16. The zero-order chi connectivity index (χ0) is 20.4. The summed E-state index contributed by atoms with van der Waals surface area (Å²) in [7, 11) is 1.52. The minimum atomic E-state index is -4.63. The van der Waals surface area contributed by atoms with E-state index >= 15 is 0 Å². The van der Waals surface area contributed by atoms with E-state index in [1.165, 1.54) is 11.8 Å². The number of methoxy groups -OCH3 is 1. The van der Waals surface area contributed by atoms with Crippen LogP contribution in [0.25, 0.3) is 0 Å². The van der Waals surface area contributed by atoms with Crippen molar-refractivity contribution in [1.29, 1.82) is 0 Å².